The Kier molecular flexibility index (Phi) is 5.40. The molecule has 0 aromatic rings. The summed E-state index contributed by atoms with van der Waals surface area (Å²) in [6, 6.07) is 0.381. The summed E-state index contributed by atoms with van der Waals surface area (Å²) < 4.78 is 10.8. The minimum atomic E-state index is -0.102. The third kappa shape index (κ3) is 6.03. The first-order valence-electron chi connectivity index (χ1n) is 6.47. The Balaban J connectivity index is 2.20. The maximum atomic E-state index is 11.2. The molecule has 1 saturated heterocycles. The van der Waals surface area contributed by atoms with E-state index in [1.54, 1.807) is 0 Å². The molecule has 1 rings (SSSR count). The summed E-state index contributed by atoms with van der Waals surface area (Å²) >= 11 is 0. The van der Waals surface area contributed by atoms with Crippen LogP contribution in [-0.2, 0) is 14.3 Å². The highest BCUT2D eigenvalue weighted by molar-refractivity contribution is 5.69. The second kappa shape index (κ2) is 6.36. The van der Waals surface area contributed by atoms with E-state index in [2.05, 4.69) is 26.1 Å². The topological polar surface area (TPSA) is 47.6 Å². The summed E-state index contributed by atoms with van der Waals surface area (Å²) in [5, 5.41) is 3.39. The Morgan fingerprint density at radius 2 is 2.12 bits per heavy atom. The standard InChI is InChI=1S/C13H25NO3/c1-5-16-12(15)7-6-10-8-11(9-14-10)17-13(2,3)4/h10-11,14H,5-9H2,1-4H3/t10-,11-/m1/s1. The van der Waals surface area contributed by atoms with E-state index < -0.39 is 0 Å². The third-order valence-electron chi connectivity index (χ3n) is 2.70. The number of carbonyl (C=O) groups is 1. The van der Waals surface area contributed by atoms with Gasteiger partial charge in [-0.05, 0) is 40.5 Å². The van der Waals surface area contributed by atoms with Crippen molar-refractivity contribution in [3.63, 3.8) is 0 Å². The van der Waals surface area contributed by atoms with Gasteiger partial charge in [0.25, 0.3) is 0 Å². The van der Waals surface area contributed by atoms with E-state index in [0.717, 1.165) is 19.4 Å². The van der Waals surface area contributed by atoms with Gasteiger partial charge >= 0.3 is 5.97 Å². The van der Waals surface area contributed by atoms with Crippen molar-refractivity contribution in [1.82, 2.24) is 5.32 Å². The van der Waals surface area contributed by atoms with Gasteiger partial charge in [-0.3, -0.25) is 4.79 Å². The molecule has 2 atom stereocenters. The molecule has 0 amide bonds. The van der Waals surface area contributed by atoms with Crippen molar-refractivity contribution in [1.29, 1.82) is 0 Å². The Labute approximate surface area is 104 Å². The molecule has 0 aromatic heterocycles. The largest absolute Gasteiger partial charge is 0.466 e. The smallest absolute Gasteiger partial charge is 0.305 e. The van der Waals surface area contributed by atoms with E-state index in [-0.39, 0.29) is 17.7 Å². The number of carbonyl (C=O) groups excluding carboxylic acids is 1. The minimum Gasteiger partial charge on any atom is -0.466 e. The highest BCUT2D eigenvalue weighted by atomic mass is 16.5. The molecule has 1 aliphatic heterocycles. The third-order valence-corrected chi connectivity index (χ3v) is 2.70. The lowest BCUT2D eigenvalue weighted by Gasteiger charge is -2.24. The van der Waals surface area contributed by atoms with E-state index in [9.17, 15) is 4.79 Å². The fourth-order valence-electron chi connectivity index (χ4n) is 2.12. The van der Waals surface area contributed by atoms with E-state index >= 15 is 0 Å². The van der Waals surface area contributed by atoms with Crippen LogP contribution < -0.4 is 5.32 Å². The van der Waals surface area contributed by atoms with Gasteiger partial charge in [0.15, 0.2) is 0 Å². The van der Waals surface area contributed by atoms with Crippen LogP contribution in [0.15, 0.2) is 0 Å². The number of nitrogens with one attached hydrogen (secondary N) is 1. The summed E-state index contributed by atoms with van der Waals surface area (Å²) in [7, 11) is 0. The molecule has 17 heavy (non-hydrogen) atoms. The van der Waals surface area contributed by atoms with Crippen molar-refractivity contribution in [2.45, 2.75) is 64.7 Å². The Hall–Kier alpha value is -0.610. The highest BCUT2D eigenvalue weighted by Crippen LogP contribution is 2.20. The zero-order chi connectivity index (χ0) is 12.9. The van der Waals surface area contributed by atoms with Gasteiger partial charge in [0.1, 0.15) is 0 Å². The molecular formula is C13H25NO3. The SMILES string of the molecule is CCOC(=O)CC[C@@H]1C[C@@H](OC(C)(C)C)CN1. The zero-order valence-electron chi connectivity index (χ0n) is 11.4. The summed E-state index contributed by atoms with van der Waals surface area (Å²) in [6.45, 7) is 9.38. The molecule has 1 N–H and O–H groups in total. The van der Waals surface area contributed by atoms with Gasteiger partial charge in [-0.15, -0.1) is 0 Å². The van der Waals surface area contributed by atoms with Crippen LogP contribution in [0, 0.1) is 0 Å². The fraction of sp³-hybridized carbons (Fsp3) is 0.923. The Bertz CT molecular complexity index is 248. The van der Waals surface area contributed by atoms with Gasteiger partial charge in [0.2, 0.25) is 0 Å². The maximum absolute atomic E-state index is 11.2. The average Bonchev–Trinajstić information content (AvgIpc) is 2.60. The molecule has 100 valence electrons. The summed E-state index contributed by atoms with van der Waals surface area (Å²) in [5.74, 6) is -0.102. The quantitative estimate of drug-likeness (QED) is 0.749. The van der Waals surface area contributed by atoms with Crippen LogP contribution in [0.4, 0.5) is 0 Å². The van der Waals surface area contributed by atoms with Gasteiger partial charge in [0.05, 0.1) is 18.3 Å². The van der Waals surface area contributed by atoms with Crippen LogP contribution in [0.5, 0.6) is 0 Å². The van der Waals surface area contributed by atoms with Gasteiger partial charge in [-0.25, -0.2) is 0 Å². The van der Waals surface area contributed by atoms with E-state index in [0.29, 0.717) is 19.1 Å². The second-order valence-electron chi connectivity index (χ2n) is 5.54. The molecule has 4 nitrogen and oxygen atoms in total. The maximum Gasteiger partial charge on any atom is 0.305 e. The average molecular weight is 243 g/mol. The molecule has 0 aliphatic carbocycles. The molecule has 0 unspecified atom stereocenters. The van der Waals surface area contributed by atoms with Crippen LogP contribution in [0.1, 0.15) is 47.0 Å². The second-order valence-corrected chi connectivity index (χ2v) is 5.54. The molecule has 0 spiro atoms. The zero-order valence-corrected chi connectivity index (χ0v) is 11.4. The molecule has 0 radical (unpaired) electrons. The van der Waals surface area contributed by atoms with Gasteiger partial charge < -0.3 is 14.8 Å². The molecular weight excluding hydrogens is 218 g/mol. The molecule has 0 saturated carbocycles. The van der Waals surface area contributed by atoms with Crippen molar-refractivity contribution in [3.05, 3.63) is 0 Å². The lowest BCUT2D eigenvalue weighted by atomic mass is 10.1. The minimum absolute atomic E-state index is 0.0949. The molecule has 0 aromatic carbocycles. The summed E-state index contributed by atoms with van der Waals surface area (Å²) in [6.07, 6.45) is 2.58. The Morgan fingerprint density at radius 1 is 1.41 bits per heavy atom. The predicted molar refractivity (Wildman–Crippen MR) is 66.9 cm³/mol. The molecule has 4 heteroatoms. The number of esters is 1. The summed E-state index contributed by atoms with van der Waals surface area (Å²) in [5.41, 5.74) is -0.0949. The molecule has 1 heterocycles. The first-order chi connectivity index (χ1) is 7.90. The van der Waals surface area contributed by atoms with E-state index in [1.807, 2.05) is 6.92 Å². The lowest BCUT2D eigenvalue weighted by molar-refractivity contribution is -0.143. The van der Waals surface area contributed by atoms with Crippen LogP contribution in [-0.4, -0.2) is 36.9 Å². The van der Waals surface area contributed by atoms with E-state index in [1.165, 1.54) is 0 Å². The number of hydrogen-bond donors (Lipinski definition) is 1. The summed E-state index contributed by atoms with van der Waals surface area (Å²) in [4.78, 5) is 11.2. The number of rotatable bonds is 5. The first-order valence-corrected chi connectivity index (χ1v) is 6.47. The number of ether oxygens (including phenoxy) is 2. The van der Waals surface area contributed by atoms with Crippen LogP contribution in [0.3, 0.4) is 0 Å². The monoisotopic (exact) mass is 243 g/mol. The van der Waals surface area contributed by atoms with Crippen molar-refractivity contribution in [2.75, 3.05) is 13.2 Å². The van der Waals surface area contributed by atoms with Crippen molar-refractivity contribution in [2.24, 2.45) is 0 Å². The van der Waals surface area contributed by atoms with Crippen LogP contribution >= 0.6 is 0 Å². The van der Waals surface area contributed by atoms with Crippen molar-refractivity contribution < 1.29 is 14.3 Å². The normalized spacial score (nSPS) is 24.9. The molecule has 1 fully saturated rings. The van der Waals surface area contributed by atoms with Gasteiger partial charge in [-0.2, -0.15) is 0 Å². The van der Waals surface area contributed by atoms with E-state index in [4.69, 9.17) is 9.47 Å². The van der Waals surface area contributed by atoms with Crippen LogP contribution in [0.25, 0.3) is 0 Å². The van der Waals surface area contributed by atoms with Crippen molar-refractivity contribution in [3.8, 4) is 0 Å². The lowest BCUT2D eigenvalue weighted by Crippen LogP contribution is -2.28. The van der Waals surface area contributed by atoms with Gasteiger partial charge in [0, 0.05) is 19.0 Å². The number of hydrogen-bond acceptors (Lipinski definition) is 4. The first kappa shape index (κ1) is 14.5. The van der Waals surface area contributed by atoms with Gasteiger partial charge in [-0.1, -0.05) is 0 Å². The van der Waals surface area contributed by atoms with Crippen LogP contribution in [0.2, 0.25) is 0 Å². The predicted octanol–water partition coefficient (Wildman–Crippen LogP) is 1.88. The highest BCUT2D eigenvalue weighted by Gasteiger charge is 2.28. The Morgan fingerprint density at radius 3 is 2.71 bits per heavy atom. The molecule has 0 bridgehead atoms. The fourth-order valence-corrected chi connectivity index (χ4v) is 2.12. The molecule has 1 aliphatic rings. The van der Waals surface area contributed by atoms with Crippen molar-refractivity contribution >= 4 is 5.97 Å².